The van der Waals surface area contributed by atoms with E-state index >= 15 is 0 Å². The molecule has 1 rings (SSSR count). The van der Waals surface area contributed by atoms with Crippen molar-refractivity contribution in [3.8, 4) is 0 Å². The Hall–Kier alpha value is -1.10. The van der Waals surface area contributed by atoms with Crippen LogP contribution in [0.3, 0.4) is 0 Å². The summed E-state index contributed by atoms with van der Waals surface area (Å²) < 4.78 is 39.2. The summed E-state index contributed by atoms with van der Waals surface area (Å²) in [6.07, 6.45) is 6.05. The van der Waals surface area contributed by atoms with Gasteiger partial charge in [0.05, 0.1) is 98.6 Å². The fraction of sp³-hybridized carbons (Fsp3) is 0.793. The zero-order valence-corrected chi connectivity index (χ0v) is 23.3. The normalized spacial score (nSPS) is 13.2. The first-order valence-electron chi connectivity index (χ1n) is 14.0. The second kappa shape index (κ2) is 26.5. The smallest absolute Gasteiger partial charge is 0.0815 e. The minimum Gasteiger partial charge on any atom is -0.394 e. The molecule has 0 fully saturated rings. The molecule has 0 aliphatic carbocycles. The van der Waals surface area contributed by atoms with Gasteiger partial charge in [-0.05, 0) is 17.9 Å². The van der Waals surface area contributed by atoms with Gasteiger partial charge in [0.15, 0.2) is 0 Å². The lowest BCUT2D eigenvalue weighted by Gasteiger charge is -2.23. The van der Waals surface area contributed by atoms with Crippen molar-refractivity contribution < 1.29 is 38.3 Å². The fourth-order valence-electron chi connectivity index (χ4n) is 3.70. The van der Waals surface area contributed by atoms with Gasteiger partial charge in [0.25, 0.3) is 0 Å². The third kappa shape index (κ3) is 21.5. The van der Waals surface area contributed by atoms with Crippen LogP contribution in [0.1, 0.15) is 51.5 Å². The van der Waals surface area contributed by atoms with Crippen LogP contribution in [0.15, 0.2) is 30.3 Å². The Morgan fingerprint density at radius 2 is 1.19 bits per heavy atom. The monoisotopic (exact) mass is 528 g/mol. The predicted octanol–water partition coefficient (Wildman–Crippen LogP) is 4.27. The fourth-order valence-corrected chi connectivity index (χ4v) is 3.70. The van der Waals surface area contributed by atoms with Crippen LogP contribution >= 0.6 is 0 Å². The highest BCUT2D eigenvalue weighted by molar-refractivity contribution is 5.13. The number of unbranched alkanes of at least 4 members (excludes halogenated alkanes) is 1. The molecule has 0 aliphatic rings. The molecular formula is C29H52O8. The first-order valence-corrected chi connectivity index (χ1v) is 14.0. The minimum absolute atomic E-state index is 0.0338. The molecular weight excluding hydrogens is 476 g/mol. The molecule has 2 atom stereocenters. The maximum absolute atomic E-state index is 8.59. The molecule has 1 aromatic rings. The van der Waals surface area contributed by atoms with Gasteiger partial charge in [0.1, 0.15) is 0 Å². The zero-order valence-electron chi connectivity index (χ0n) is 23.3. The van der Waals surface area contributed by atoms with E-state index in [4.69, 9.17) is 38.3 Å². The van der Waals surface area contributed by atoms with Crippen molar-refractivity contribution in [3.05, 3.63) is 35.9 Å². The van der Waals surface area contributed by atoms with Crippen LogP contribution in [0.5, 0.6) is 0 Å². The SMILES string of the molecule is CCCCC(CC)CC(COCCOCCOCCOCCOCCOCCO)OCc1ccccc1. The van der Waals surface area contributed by atoms with Gasteiger partial charge in [0, 0.05) is 0 Å². The third-order valence-electron chi connectivity index (χ3n) is 5.87. The van der Waals surface area contributed by atoms with Crippen LogP contribution in [-0.2, 0) is 39.8 Å². The Labute approximate surface area is 224 Å². The highest BCUT2D eigenvalue weighted by atomic mass is 16.6. The van der Waals surface area contributed by atoms with Crippen LogP contribution in [0.25, 0.3) is 0 Å². The van der Waals surface area contributed by atoms with E-state index in [1.807, 2.05) is 18.2 Å². The topological polar surface area (TPSA) is 84.8 Å². The van der Waals surface area contributed by atoms with E-state index in [1.54, 1.807) is 0 Å². The lowest BCUT2D eigenvalue weighted by Crippen LogP contribution is -2.24. The number of rotatable bonds is 28. The van der Waals surface area contributed by atoms with Crippen molar-refractivity contribution in [1.29, 1.82) is 0 Å². The molecule has 1 N–H and O–H groups in total. The van der Waals surface area contributed by atoms with E-state index in [0.29, 0.717) is 91.8 Å². The van der Waals surface area contributed by atoms with Crippen LogP contribution in [0.4, 0.5) is 0 Å². The minimum atomic E-state index is 0.0338. The molecule has 0 saturated heterocycles. The maximum Gasteiger partial charge on any atom is 0.0815 e. The van der Waals surface area contributed by atoms with Gasteiger partial charge >= 0.3 is 0 Å². The van der Waals surface area contributed by atoms with Gasteiger partial charge in [-0.25, -0.2) is 0 Å². The lowest BCUT2D eigenvalue weighted by molar-refractivity contribution is -0.0523. The quantitative estimate of drug-likeness (QED) is 0.162. The second-order valence-corrected chi connectivity index (χ2v) is 8.93. The van der Waals surface area contributed by atoms with E-state index in [1.165, 1.54) is 31.2 Å². The second-order valence-electron chi connectivity index (χ2n) is 8.93. The Bertz CT molecular complexity index is 574. The molecule has 8 nitrogen and oxygen atoms in total. The number of benzene rings is 1. The van der Waals surface area contributed by atoms with Gasteiger partial charge in [0.2, 0.25) is 0 Å². The predicted molar refractivity (Wildman–Crippen MR) is 145 cm³/mol. The average molecular weight is 529 g/mol. The van der Waals surface area contributed by atoms with Gasteiger partial charge < -0.3 is 38.3 Å². The zero-order chi connectivity index (χ0) is 26.7. The van der Waals surface area contributed by atoms with Crippen molar-refractivity contribution >= 4 is 0 Å². The summed E-state index contributed by atoms with van der Waals surface area (Å²) in [7, 11) is 0. The summed E-state index contributed by atoms with van der Waals surface area (Å²) in [5.41, 5.74) is 1.19. The highest BCUT2D eigenvalue weighted by Crippen LogP contribution is 2.21. The highest BCUT2D eigenvalue weighted by Gasteiger charge is 2.16. The summed E-state index contributed by atoms with van der Waals surface area (Å²) in [6, 6.07) is 10.3. The molecule has 1 aromatic carbocycles. The van der Waals surface area contributed by atoms with Gasteiger partial charge in [-0.3, -0.25) is 0 Å². The first-order chi connectivity index (χ1) is 18.3. The summed E-state index contributed by atoms with van der Waals surface area (Å²) in [4.78, 5) is 0. The van der Waals surface area contributed by atoms with Gasteiger partial charge in [-0.1, -0.05) is 69.9 Å². The van der Waals surface area contributed by atoms with Crippen LogP contribution in [-0.4, -0.2) is 97.1 Å². The molecule has 8 heteroatoms. The Morgan fingerprint density at radius 1 is 0.676 bits per heavy atom. The standard InChI is InChI=1S/C29H52O8/c1-3-5-9-27(4-2)24-29(37-25-28-10-7-6-8-11-28)26-36-23-22-35-21-20-34-19-18-33-17-16-32-15-14-31-13-12-30/h6-8,10-11,27,29-30H,3-5,9,12-26H2,1-2H3. The Morgan fingerprint density at radius 3 is 1.68 bits per heavy atom. The van der Waals surface area contributed by atoms with Crippen LogP contribution in [0.2, 0.25) is 0 Å². The summed E-state index contributed by atoms with van der Waals surface area (Å²) in [5.74, 6) is 0.672. The maximum atomic E-state index is 8.59. The number of aliphatic hydroxyl groups is 1. The average Bonchev–Trinajstić information content (AvgIpc) is 2.93. The molecule has 0 bridgehead atoms. The molecule has 37 heavy (non-hydrogen) atoms. The summed E-state index contributed by atoms with van der Waals surface area (Å²) in [6.45, 7) is 11.3. The first kappa shape index (κ1) is 33.9. The molecule has 0 aliphatic heterocycles. The Balaban J connectivity index is 2.03. The third-order valence-corrected chi connectivity index (χ3v) is 5.87. The van der Waals surface area contributed by atoms with Crippen molar-refractivity contribution in [2.75, 3.05) is 85.9 Å². The number of hydrogen-bond donors (Lipinski definition) is 1. The molecule has 0 amide bonds. The molecule has 216 valence electrons. The van der Waals surface area contributed by atoms with Crippen LogP contribution < -0.4 is 0 Å². The molecule has 0 spiro atoms. The Kier molecular flexibility index (Phi) is 24.3. The van der Waals surface area contributed by atoms with Crippen LogP contribution in [0, 0.1) is 5.92 Å². The van der Waals surface area contributed by atoms with Crippen molar-refractivity contribution in [1.82, 2.24) is 0 Å². The van der Waals surface area contributed by atoms with Gasteiger partial charge in [-0.15, -0.1) is 0 Å². The molecule has 0 radical (unpaired) electrons. The molecule has 0 aromatic heterocycles. The van der Waals surface area contributed by atoms with E-state index < -0.39 is 0 Å². The van der Waals surface area contributed by atoms with Gasteiger partial charge in [-0.2, -0.15) is 0 Å². The largest absolute Gasteiger partial charge is 0.394 e. The number of aliphatic hydroxyl groups excluding tert-OH is 1. The molecule has 2 unspecified atom stereocenters. The molecule has 0 saturated carbocycles. The summed E-state index contributed by atoms with van der Waals surface area (Å²) in [5, 5.41) is 8.59. The van der Waals surface area contributed by atoms with Crippen molar-refractivity contribution in [2.45, 2.75) is 58.7 Å². The molecule has 0 heterocycles. The van der Waals surface area contributed by atoms with E-state index in [2.05, 4.69) is 26.0 Å². The number of hydrogen-bond acceptors (Lipinski definition) is 8. The lowest BCUT2D eigenvalue weighted by atomic mass is 9.93. The van der Waals surface area contributed by atoms with Crippen molar-refractivity contribution in [2.24, 2.45) is 5.92 Å². The van der Waals surface area contributed by atoms with E-state index in [9.17, 15) is 0 Å². The van der Waals surface area contributed by atoms with E-state index in [0.717, 1.165) is 6.42 Å². The number of ether oxygens (including phenoxy) is 7. The summed E-state index contributed by atoms with van der Waals surface area (Å²) >= 11 is 0. The van der Waals surface area contributed by atoms with E-state index in [-0.39, 0.29) is 12.7 Å². The van der Waals surface area contributed by atoms with Crippen molar-refractivity contribution in [3.63, 3.8) is 0 Å².